The van der Waals surface area contributed by atoms with Crippen LogP contribution in [0.15, 0.2) is 24.3 Å². The minimum atomic E-state index is -0.231. The minimum absolute atomic E-state index is 0.0670. The fourth-order valence-corrected chi connectivity index (χ4v) is 1.54. The average Bonchev–Trinajstić information content (AvgIpc) is 2.38. The maximum Gasteiger partial charge on any atom is 0.221 e. The van der Waals surface area contributed by atoms with Crippen LogP contribution in [0.2, 0.25) is 0 Å². The summed E-state index contributed by atoms with van der Waals surface area (Å²) in [6, 6.07) is 6.36. The molecule has 1 rings (SSSR count). The van der Waals surface area contributed by atoms with E-state index in [9.17, 15) is 9.18 Å². The number of benzene rings is 1. The molecule has 0 heterocycles. The van der Waals surface area contributed by atoms with Gasteiger partial charge in [0.25, 0.3) is 0 Å². The molecular formula is C14H21FN2O. The van der Waals surface area contributed by atoms with Crippen LogP contribution in [-0.4, -0.2) is 37.5 Å². The summed E-state index contributed by atoms with van der Waals surface area (Å²) in [4.78, 5) is 13.6. The van der Waals surface area contributed by atoms with Crippen molar-refractivity contribution in [1.82, 2.24) is 10.2 Å². The molecule has 1 amide bonds. The van der Waals surface area contributed by atoms with Crippen LogP contribution in [0, 0.1) is 5.82 Å². The second-order valence-corrected chi connectivity index (χ2v) is 4.37. The molecule has 100 valence electrons. The Morgan fingerprint density at radius 1 is 1.33 bits per heavy atom. The molecule has 0 unspecified atom stereocenters. The van der Waals surface area contributed by atoms with E-state index < -0.39 is 0 Å². The third-order valence-electron chi connectivity index (χ3n) is 2.91. The van der Waals surface area contributed by atoms with Crippen LogP contribution in [0.1, 0.15) is 18.9 Å². The van der Waals surface area contributed by atoms with Crippen LogP contribution < -0.4 is 5.32 Å². The quantitative estimate of drug-likeness (QED) is 0.803. The maximum absolute atomic E-state index is 12.7. The number of hydrogen-bond donors (Lipinski definition) is 1. The largest absolute Gasteiger partial charge is 0.356 e. The third kappa shape index (κ3) is 5.77. The molecule has 0 aliphatic rings. The first-order chi connectivity index (χ1) is 8.61. The van der Waals surface area contributed by atoms with Gasteiger partial charge < -0.3 is 10.2 Å². The fourth-order valence-electron chi connectivity index (χ4n) is 1.54. The molecule has 4 heteroatoms. The van der Waals surface area contributed by atoms with Gasteiger partial charge in [-0.3, -0.25) is 4.79 Å². The van der Waals surface area contributed by atoms with Gasteiger partial charge in [0, 0.05) is 19.5 Å². The fraction of sp³-hybridized carbons (Fsp3) is 0.500. The van der Waals surface area contributed by atoms with E-state index in [2.05, 4.69) is 17.1 Å². The van der Waals surface area contributed by atoms with E-state index in [0.717, 1.165) is 25.1 Å². The number of carbonyl (C=O) groups excluding carboxylic acids is 1. The number of rotatable bonds is 7. The van der Waals surface area contributed by atoms with Gasteiger partial charge in [0.05, 0.1) is 0 Å². The van der Waals surface area contributed by atoms with Crippen molar-refractivity contribution in [3.8, 4) is 0 Å². The molecule has 0 aliphatic carbocycles. The summed E-state index contributed by atoms with van der Waals surface area (Å²) in [5, 5.41) is 2.87. The molecule has 0 saturated carbocycles. The predicted molar refractivity (Wildman–Crippen MR) is 70.9 cm³/mol. The summed E-state index contributed by atoms with van der Waals surface area (Å²) in [6.07, 6.45) is 1.25. The Bertz CT molecular complexity index is 365. The molecule has 0 fully saturated rings. The van der Waals surface area contributed by atoms with Gasteiger partial charge in [0.1, 0.15) is 5.82 Å². The summed E-state index contributed by atoms with van der Waals surface area (Å²) in [7, 11) is 1.99. The predicted octanol–water partition coefficient (Wildman–Crippen LogP) is 1.83. The lowest BCUT2D eigenvalue weighted by Crippen LogP contribution is -2.30. The summed E-state index contributed by atoms with van der Waals surface area (Å²) in [5.41, 5.74) is 1.03. The van der Waals surface area contributed by atoms with Gasteiger partial charge in [-0.2, -0.15) is 0 Å². The van der Waals surface area contributed by atoms with Crippen molar-refractivity contribution in [3.05, 3.63) is 35.6 Å². The summed E-state index contributed by atoms with van der Waals surface area (Å²) in [5.74, 6) is -0.164. The van der Waals surface area contributed by atoms with Gasteiger partial charge in [-0.05, 0) is 37.7 Å². The maximum atomic E-state index is 12.7. The molecule has 1 aromatic carbocycles. The van der Waals surface area contributed by atoms with E-state index >= 15 is 0 Å². The van der Waals surface area contributed by atoms with E-state index in [1.54, 1.807) is 12.1 Å². The Hall–Kier alpha value is -1.42. The number of nitrogens with one attached hydrogen (secondary N) is 1. The lowest BCUT2D eigenvalue weighted by molar-refractivity contribution is -0.121. The number of nitrogens with zero attached hydrogens (tertiary/aromatic N) is 1. The summed E-state index contributed by atoms with van der Waals surface area (Å²) >= 11 is 0. The second-order valence-electron chi connectivity index (χ2n) is 4.37. The van der Waals surface area contributed by atoms with E-state index in [1.807, 2.05) is 7.05 Å². The van der Waals surface area contributed by atoms with Gasteiger partial charge in [-0.25, -0.2) is 4.39 Å². The molecule has 0 aromatic heterocycles. The van der Waals surface area contributed by atoms with Gasteiger partial charge in [0.2, 0.25) is 5.91 Å². The SMILES string of the molecule is CCN(C)CCC(=O)NCCc1ccc(F)cc1. The third-order valence-corrected chi connectivity index (χ3v) is 2.91. The zero-order chi connectivity index (χ0) is 13.4. The first-order valence-electron chi connectivity index (χ1n) is 6.31. The smallest absolute Gasteiger partial charge is 0.221 e. The highest BCUT2D eigenvalue weighted by atomic mass is 19.1. The topological polar surface area (TPSA) is 32.3 Å². The molecule has 0 radical (unpaired) electrons. The van der Waals surface area contributed by atoms with Crippen molar-refractivity contribution in [2.75, 3.05) is 26.7 Å². The van der Waals surface area contributed by atoms with Crippen LogP contribution in [-0.2, 0) is 11.2 Å². The number of hydrogen-bond acceptors (Lipinski definition) is 2. The first kappa shape index (κ1) is 14.6. The number of carbonyl (C=O) groups is 1. The number of amides is 1. The van der Waals surface area contributed by atoms with Crippen molar-refractivity contribution in [2.45, 2.75) is 19.8 Å². The van der Waals surface area contributed by atoms with Crippen molar-refractivity contribution < 1.29 is 9.18 Å². The lowest BCUT2D eigenvalue weighted by Gasteiger charge is -2.13. The molecule has 1 N–H and O–H groups in total. The van der Waals surface area contributed by atoms with E-state index in [0.29, 0.717) is 13.0 Å². The van der Waals surface area contributed by atoms with Crippen molar-refractivity contribution in [1.29, 1.82) is 0 Å². The molecule has 18 heavy (non-hydrogen) atoms. The molecule has 0 atom stereocenters. The van der Waals surface area contributed by atoms with Crippen LogP contribution in [0.3, 0.4) is 0 Å². The Kier molecular flexibility index (Phi) is 6.36. The Balaban J connectivity index is 2.17. The van der Waals surface area contributed by atoms with Gasteiger partial charge in [-0.1, -0.05) is 19.1 Å². The zero-order valence-corrected chi connectivity index (χ0v) is 11.1. The number of halogens is 1. The van der Waals surface area contributed by atoms with Crippen molar-refractivity contribution >= 4 is 5.91 Å². The highest BCUT2D eigenvalue weighted by Gasteiger charge is 2.02. The van der Waals surface area contributed by atoms with Crippen LogP contribution in [0.4, 0.5) is 4.39 Å². The highest BCUT2D eigenvalue weighted by Crippen LogP contribution is 2.02. The van der Waals surface area contributed by atoms with E-state index in [-0.39, 0.29) is 11.7 Å². The molecular weight excluding hydrogens is 231 g/mol. The molecule has 0 aliphatic heterocycles. The Morgan fingerprint density at radius 3 is 2.61 bits per heavy atom. The van der Waals surface area contributed by atoms with Gasteiger partial charge in [0.15, 0.2) is 0 Å². The molecule has 1 aromatic rings. The second kappa shape index (κ2) is 7.82. The monoisotopic (exact) mass is 252 g/mol. The van der Waals surface area contributed by atoms with E-state index in [1.165, 1.54) is 12.1 Å². The van der Waals surface area contributed by atoms with Crippen molar-refractivity contribution in [2.24, 2.45) is 0 Å². The van der Waals surface area contributed by atoms with Crippen molar-refractivity contribution in [3.63, 3.8) is 0 Å². The lowest BCUT2D eigenvalue weighted by atomic mass is 10.1. The molecule has 0 spiro atoms. The van der Waals surface area contributed by atoms with Crippen LogP contribution in [0.25, 0.3) is 0 Å². The Morgan fingerprint density at radius 2 is 2.00 bits per heavy atom. The highest BCUT2D eigenvalue weighted by molar-refractivity contribution is 5.76. The standard InChI is InChI=1S/C14H21FN2O/c1-3-17(2)11-9-14(18)16-10-8-12-4-6-13(15)7-5-12/h4-7H,3,8-11H2,1-2H3,(H,16,18). The molecule has 0 bridgehead atoms. The zero-order valence-electron chi connectivity index (χ0n) is 11.1. The molecule has 3 nitrogen and oxygen atoms in total. The van der Waals surface area contributed by atoms with E-state index in [4.69, 9.17) is 0 Å². The van der Waals surface area contributed by atoms with Gasteiger partial charge in [-0.15, -0.1) is 0 Å². The van der Waals surface area contributed by atoms with Crippen LogP contribution in [0.5, 0.6) is 0 Å². The summed E-state index contributed by atoms with van der Waals surface area (Å²) < 4.78 is 12.7. The minimum Gasteiger partial charge on any atom is -0.356 e. The van der Waals surface area contributed by atoms with Gasteiger partial charge >= 0.3 is 0 Å². The average molecular weight is 252 g/mol. The van der Waals surface area contributed by atoms with Crippen LogP contribution >= 0.6 is 0 Å². The first-order valence-corrected chi connectivity index (χ1v) is 6.31. The molecule has 0 saturated heterocycles. The Labute approximate surface area is 108 Å². The summed E-state index contributed by atoms with van der Waals surface area (Å²) in [6.45, 7) is 4.38. The normalized spacial score (nSPS) is 10.7.